The fourth-order valence-corrected chi connectivity index (χ4v) is 2.43. The molecule has 1 aromatic heterocycles. The van der Waals surface area contributed by atoms with Crippen LogP contribution in [0.1, 0.15) is 19.4 Å². The molecule has 0 amide bonds. The van der Waals surface area contributed by atoms with Gasteiger partial charge in [0.15, 0.2) is 0 Å². The Bertz CT molecular complexity index is 518. The van der Waals surface area contributed by atoms with Gasteiger partial charge in [-0.2, -0.15) is 5.26 Å². The first-order chi connectivity index (χ1) is 8.35. The van der Waals surface area contributed by atoms with Gasteiger partial charge in [-0.3, -0.25) is 4.98 Å². The van der Waals surface area contributed by atoms with E-state index >= 15 is 0 Å². The van der Waals surface area contributed by atoms with Crippen molar-refractivity contribution in [2.24, 2.45) is 5.41 Å². The Morgan fingerprint density at radius 3 is 2.56 bits per heavy atom. The first-order valence-corrected chi connectivity index (χ1v) is 7.27. The lowest BCUT2D eigenvalue weighted by molar-refractivity contribution is 0.478. The van der Waals surface area contributed by atoms with Crippen LogP contribution in [0.5, 0.6) is 0 Å². The summed E-state index contributed by atoms with van der Waals surface area (Å²) < 4.78 is 25.9. The zero-order chi connectivity index (χ0) is 13.6. The second-order valence-corrected chi connectivity index (χ2v) is 6.67. The first kappa shape index (κ1) is 14.6. The minimum absolute atomic E-state index is 0.0124. The second kappa shape index (κ2) is 5.94. The Balaban J connectivity index is 2.49. The first-order valence-electron chi connectivity index (χ1n) is 5.62. The van der Waals surface area contributed by atoms with Crippen LogP contribution in [-0.4, -0.2) is 25.7 Å². The average molecular weight is 267 g/mol. The van der Waals surface area contributed by atoms with Crippen molar-refractivity contribution in [3.8, 4) is 6.07 Å². The van der Waals surface area contributed by atoms with Gasteiger partial charge in [-0.1, -0.05) is 0 Å². The zero-order valence-electron chi connectivity index (χ0n) is 10.5. The zero-order valence-corrected chi connectivity index (χ0v) is 11.4. The largest absolute Gasteiger partial charge is 0.265 e. The Morgan fingerprint density at radius 2 is 2.00 bits per heavy atom. The lowest BCUT2D eigenvalue weighted by Gasteiger charge is -2.15. The molecule has 98 valence electrons. The fraction of sp³-hybridized carbons (Fsp3) is 0.500. The van der Waals surface area contributed by atoms with Crippen LogP contribution in [0, 0.1) is 16.7 Å². The summed E-state index contributed by atoms with van der Waals surface area (Å²) in [4.78, 5) is 3.87. The third-order valence-corrected chi connectivity index (χ3v) is 3.77. The van der Waals surface area contributed by atoms with Gasteiger partial charge < -0.3 is 0 Å². The monoisotopic (exact) mass is 267 g/mol. The molecular formula is C12H17N3O2S. The van der Waals surface area contributed by atoms with Crippen LogP contribution in [0.3, 0.4) is 0 Å². The lowest BCUT2D eigenvalue weighted by Crippen LogP contribution is -2.35. The van der Waals surface area contributed by atoms with Gasteiger partial charge in [0.2, 0.25) is 10.0 Å². The van der Waals surface area contributed by atoms with Gasteiger partial charge in [0, 0.05) is 18.9 Å². The summed E-state index contributed by atoms with van der Waals surface area (Å²) in [5.41, 5.74) is 0.235. The molecule has 0 unspecified atom stereocenters. The van der Waals surface area contributed by atoms with Gasteiger partial charge in [0.05, 0.1) is 17.2 Å². The molecule has 1 aromatic rings. The van der Waals surface area contributed by atoms with E-state index in [1.54, 1.807) is 38.4 Å². The predicted molar refractivity (Wildman–Crippen MR) is 69.1 cm³/mol. The quantitative estimate of drug-likeness (QED) is 0.836. The molecule has 0 aliphatic heterocycles. The van der Waals surface area contributed by atoms with Crippen molar-refractivity contribution >= 4 is 10.0 Å². The van der Waals surface area contributed by atoms with E-state index in [1.165, 1.54) is 0 Å². The van der Waals surface area contributed by atoms with Crippen LogP contribution in [-0.2, 0) is 16.4 Å². The Kier molecular flexibility index (Phi) is 4.82. The molecule has 0 fully saturated rings. The molecule has 1 N–H and O–H groups in total. The highest BCUT2D eigenvalue weighted by molar-refractivity contribution is 7.89. The maximum absolute atomic E-state index is 11.7. The molecule has 6 heteroatoms. The fourth-order valence-electron chi connectivity index (χ4n) is 1.20. The maximum atomic E-state index is 11.7. The second-order valence-electron chi connectivity index (χ2n) is 4.74. The number of pyridine rings is 1. The molecule has 0 aromatic carbocycles. The number of nitrogens with one attached hydrogen (secondary N) is 1. The van der Waals surface area contributed by atoms with Crippen molar-refractivity contribution in [1.29, 1.82) is 5.26 Å². The summed E-state index contributed by atoms with van der Waals surface area (Å²) >= 11 is 0. The van der Waals surface area contributed by atoms with Crippen molar-refractivity contribution in [1.82, 2.24) is 9.71 Å². The smallest absolute Gasteiger partial charge is 0.211 e. The molecule has 0 aliphatic carbocycles. The SMILES string of the molecule is CC(C)(C#N)CNS(=O)(=O)CCc1ccncc1. The van der Waals surface area contributed by atoms with E-state index in [9.17, 15) is 8.42 Å². The van der Waals surface area contributed by atoms with Crippen LogP contribution in [0.4, 0.5) is 0 Å². The van der Waals surface area contributed by atoms with Crippen LogP contribution in [0.25, 0.3) is 0 Å². The molecular weight excluding hydrogens is 250 g/mol. The predicted octanol–water partition coefficient (Wildman–Crippen LogP) is 1.09. The van der Waals surface area contributed by atoms with Gasteiger partial charge in [0.1, 0.15) is 0 Å². The molecule has 0 saturated carbocycles. The van der Waals surface area contributed by atoms with E-state index in [0.717, 1.165) is 5.56 Å². The van der Waals surface area contributed by atoms with E-state index in [1.807, 2.05) is 0 Å². The van der Waals surface area contributed by atoms with Crippen molar-refractivity contribution in [2.45, 2.75) is 20.3 Å². The highest BCUT2D eigenvalue weighted by atomic mass is 32.2. The van der Waals surface area contributed by atoms with Crippen molar-refractivity contribution in [3.63, 3.8) is 0 Å². The van der Waals surface area contributed by atoms with E-state index in [4.69, 9.17) is 5.26 Å². The Labute approximate surface area is 108 Å². The standard InChI is InChI=1S/C12H17N3O2S/c1-12(2,9-13)10-15-18(16,17)8-5-11-3-6-14-7-4-11/h3-4,6-7,15H,5,8,10H2,1-2H3. The summed E-state index contributed by atoms with van der Waals surface area (Å²) in [5.74, 6) is 0.0124. The van der Waals surface area contributed by atoms with Gasteiger partial charge >= 0.3 is 0 Å². The van der Waals surface area contributed by atoms with E-state index in [-0.39, 0.29) is 12.3 Å². The number of nitriles is 1. The molecule has 0 aliphatic rings. The van der Waals surface area contributed by atoms with Crippen molar-refractivity contribution < 1.29 is 8.42 Å². The normalized spacial score (nSPS) is 12.1. The summed E-state index contributed by atoms with van der Waals surface area (Å²) in [6, 6.07) is 5.63. The van der Waals surface area contributed by atoms with Crippen LogP contribution < -0.4 is 4.72 Å². The molecule has 0 atom stereocenters. The molecule has 1 rings (SSSR count). The highest BCUT2D eigenvalue weighted by Gasteiger charge is 2.20. The molecule has 0 radical (unpaired) electrons. The van der Waals surface area contributed by atoms with Crippen molar-refractivity contribution in [3.05, 3.63) is 30.1 Å². The molecule has 0 spiro atoms. The minimum atomic E-state index is -3.34. The molecule has 1 heterocycles. The molecule has 5 nitrogen and oxygen atoms in total. The highest BCUT2D eigenvalue weighted by Crippen LogP contribution is 2.11. The molecule has 18 heavy (non-hydrogen) atoms. The number of hydrogen-bond acceptors (Lipinski definition) is 4. The summed E-state index contributed by atoms with van der Waals surface area (Å²) in [7, 11) is -3.34. The lowest BCUT2D eigenvalue weighted by atomic mass is 9.97. The third-order valence-electron chi connectivity index (χ3n) is 2.45. The molecule has 0 saturated heterocycles. The Morgan fingerprint density at radius 1 is 1.39 bits per heavy atom. The number of aryl methyl sites for hydroxylation is 1. The number of nitrogens with zero attached hydrogens (tertiary/aromatic N) is 2. The number of hydrogen-bond donors (Lipinski definition) is 1. The van der Waals surface area contributed by atoms with Gasteiger partial charge in [-0.05, 0) is 38.0 Å². The van der Waals surface area contributed by atoms with E-state index < -0.39 is 15.4 Å². The van der Waals surface area contributed by atoms with E-state index in [0.29, 0.717) is 6.42 Å². The number of aromatic nitrogens is 1. The minimum Gasteiger partial charge on any atom is -0.265 e. The maximum Gasteiger partial charge on any atom is 0.211 e. The summed E-state index contributed by atoms with van der Waals surface area (Å²) in [6.45, 7) is 3.51. The average Bonchev–Trinajstić information content (AvgIpc) is 2.36. The number of rotatable bonds is 6. The van der Waals surface area contributed by atoms with Crippen LogP contribution in [0.15, 0.2) is 24.5 Å². The van der Waals surface area contributed by atoms with E-state index in [2.05, 4.69) is 15.8 Å². The Hall–Kier alpha value is -1.45. The molecule has 0 bridgehead atoms. The van der Waals surface area contributed by atoms with Gasteiger partial charge in [0.25, 0.3) is 0 Å². The topological polar surface area (TPSA) is 82.9 Å². The van der Waals surface area contributed by atoms with Gasteiger partial charge in [-0.15, -0.1) is 0 Å². The van der Waals surface area contributed by atoms with Crippen LogP contribution >= 0.6 is 0 Å². The van der Waals surface area contributed by atoms with Crippen LogP contribution in [0.2, 0.25) is 0 Å². The summed E-state index contributed by atoms with van der Waals surface area (Å²) in [5, 5.41) is 8.81. The van der Waals surface area contributed by atoms with Gasteiger partial charge in [-0.25, -0.2) is 13.1 Å². The van der Waals surface area contributed by atoms with Crippen molar-refractivity contribution in [2.75, 3.05) is 12.3 Å². The third kappa shape index (κ3) is 5.25. The number of sulfonamides is 1. The summed E-state index contributed by atoms with van der Waals surface area (Å²) in [6.07, 6.45) is 3.70.